The molecule has 1 aliphatic heterocycles. The third kappa shape index (κ3) is 4.93. The topological polar surface area (TPSA) is 40.6 Å². The number of carbonyl (C=O) groups excluding carboxylic acids is 2. The summed E-state index contributed by atoms with van der Waals surface area (Å²) in [6.45, 7) is 2.78. The predicted octanol–water partition coefficient (Wildman–Crippen LogP) is 5.01. The van der Waals surface area contributed by atoms with Gasteiger partial charge in [0.15, 0.2) is 0 Å². The van der Waals surface area contributed by atoms with Crippen LogP contribution in [0.1, 0.15) is 49.8 Å². The smallest absolute Gasteiger partial charge is 0.250 e. The van der Waals surface area contributed by atoms with Crippen LogP contribution >= 0.6 is 11.6 Å². The lowest BCUT2D eigenvalue weighted by molar-refractivity contribution is -0.159. The molecule has 1 heterocycles. The normalized spacial score (nSPS) is 24.5. The summed E-state index contributed by atoms with van der Waals surface area (Å²) in [4.78, 5) is 30.3. The zero-order valence-electron chi connectivity index (χ0n) is 17.8. The van der Waals surface area contributed by atoms with Crippen LogP contribution in [0, 0.1) is 11.7 Å². The van der Waals surface area contributed by atoms with Crippen LogP contribution in [0.2, 0.25) is 5.02 Å². The molecule has 1 saturated carbocycles. The molecule has 4 rings (SSSR count). The maximum atomic E-state index is 13.6. The van der Waals surface area contributed by atoms with Gasteiger partial charge in [0.25, 0.3) is 5.91 Å². The van der Waals surface area contributed by atoms with E-state index < -0.39 is 6.04 Å². The number of amides is 2. The first-order chi connectivity index (χ1) is 14.9. The third-order valence-electron chi connectivity index (χ3n) is 6.62. The molecule has 2 aliphatic rings. The van der Waals surface area contributed by atoms with E-state index in [1.165, 1.54) is 12.1 Å². The molecule has 164 valence electrons. The van der Waals surface area contributed by atoms with Crippen molar-refractivity contribution in [2.75, 3.05) is 13.1 Å². The van der Waals surface area contributed by atoms with Crippen LogP contribution in [0.4, 0.5) is 4.39 Å². The van der Waals surface area contributed by atoms with Gasteiger partial charge in [0.2, 0.25) is 5.91 Å². The zero-order chi connectivity index (χ0) is 22.0. The quantitative estimate of drug-likeness (QED) is 0.652. The van der Waals surface area contributed by atoms with Gasteiger partial charge in [0.1, 0.15) is 18.4 Å². The number of carbonyl (C=O) groups is 2. The van der Waals surface area contributed by atoms with E-state index in [1.807, 2.05) is 24.3 Å². The monoisotopic (exact) mass is 442 g/mol. The lowest BCUT2D eigenvalue weighted by atomic mass is 9.85. The molecule has 31 heavy (non-hydrogen) atoms. The van der Waals surface area contributed by atoms with Gasteiger partial charge in [0, 0.05) is 17.6 Å². The molecule has 1 saturated heterocycles. The van der Waals surface area contributed by atoms with Gasteiger partial charge in [-0.3, -0.25) is 9.59 Å². The van der Waals surface area contributed by atoms with Crippen LogP contribution in [0.5, 0.6) is 0 Å². The largest absolute Gasteiger partial charge is 0.328 e. The molecule has 0 radical (unpaired) electrons. The molecule has 1 unspecified atom stereocenters. The minimum atomic E-state index is -0.714. The highest BCUT2D eigenvalue weighted by Crippen LogP contribution is 2.34. The van der Waals surface area contributed by atoms with E-state index in [1.54, 1.807) is 21.9 Å². The Labute approximate surface area is 188 Å². The summed E-state index contributed by atoms with van der Waals surface area (Å²) in [5.41, 5.74) is 1.70. The molecule has 2 aromatic carbocycles. The van der Waals surface area contributed by atoms with Crippen LogP contribution in [0.25, 0.3) is 0 Å². The molecular formula is C25H28ClFN2O2. The van der Waals surface area contributed by atoms with E-state index >= 15 is 0 Å². The van der Waals surface area contributed by atoms with Crippen molar-refractivity contribution in [3.05, 3.63) is 70.5 Å². The first kappa shape index (κ1) is 21.8. The first-order valence-electron chi connectivity index (χ1n) is 11.0. The Morgan fingerprint density at radius 1 is 0.968 bits per heavy atom. The molecule has 4 nitrogen and oxygen atoms in total. The van der Waals surface area contributed by atoms with Gasteiger partial charge in [-0.1, -0.05) is 42.8 Å². The van der Waals surface area contributed by atoms with E-state index in [2.05, 4.69) is 6.92 Å². The van der Waals surface area contributed by atoms with Crippen LogP contribution in [-0.4, -0.2) is 40.7 Å². The lowest BCUT2D eigenvalue weighted by Crippen LogP contribution is -2.59. The highest BCUT2D eigenvalue weighted by molar-refractivity contribution is 6.30. The van der Waals surface area contributed by atoms with Crippen molar-refractivity contribution >= 4 is 23.4 Å². The van der Waals surface area contributed by atoms with Crippen LogP contribution in [0.3, 0.4) is 0 Å². The molecule has 2 amide bonds. The SMILES string of the molecule is CC1CCC(N2CC(=O)N(CCc3ccc(Cl)cc3)C(c3ccc(F)cc3)C2=O)CC1. The predicted molar refractivity (Wildman–Crippen MR) is 119 cm³/mol. The fourth-order valence-electron chi connectivity index (χ4n) is 4.73. The summed E-state index contributed by atoms with van der Waals surface area (Å²) in [5.74, 6) is 0.197. The second-order valence-electron chi connectivity index (χ2n) is 8.80. The minimum Gasteiger partial charge on any atom is -0.328 e. The van der Waals surface area contributed by atoms with Crippen molar-refractivity contribution in [2.24, 2.45) is 5.92 Å². The average Bonchev–Trinajstić information content (AvgIpc) is 2.76. The number of benzene rings is 2. The van der Waals surface area contributed by atoms with Gasteiger partial charge >= 0.3 is 0 Å². The van der Waals surface area contributed by atoms with Gasteiger partial charge in [0.05, 0.1) is 0 Å². The third-order valence-corrected chi connectivity index (χ3v) is 6.87. The molecule has 6 heteroatoms. The van der Waals surface area contributed by atoms with Crippen LogP contribution in [-0.2, 0) is 16.0 Å². The molecule has 1 aliphatic carbocycles. The zero-order valence-corrected chi connectivity index (χ0v) is 18.5. The van der Waals surface area contributed by atoms with E-state index in [0.717, 1.165) is 31.2 Å². The summed E-state index contributed by atoms with van der Waals surface area (Å²) in [6, 6.07) is 12.8. The Kier molecular flexibility index (Phi) is 6.61. The summed E-state index contributed by atoms with van der Waals surface area (Å²) in [7, 11) is 0. The van der Waals surface area contributed by atoms with Gasteiger partial charge < -0.3 is 9.80 Å². The van der Waals surface area contributed by atoms with E-state index in [4.69, 9.17) is 11.6 Å². The highest BCUT2D eigenvalue weighted by Gasteiger charge is 2.43. The Morgan fingerprint density at radius 2 is 1.61 bits per heavy atom. The van der Waals surface area contributed by atoms with Gasteiger partial charge in [-0.2, -0.15) is 0 Å². The maximum absolute atomic E-state index is 13.6. The second-order valence-corrected chi connectivity index (χ2v) is 9.23. The van der Waals surface area contributed by atoms with Gasteiger partial charge in [-0.25, -0.2) is 4.39 Å². The number of piperazine rings is 1. The number of hydrogen-bond acceptors (Lipinski definition) is 2. The van der Waals surface area contributed by atoms with E-state index in [-0.39, 0.29) is 30.2 Å². The summed E-state index contributed by atoms with van der Waals surface area (Å²) >= 11 is 5.97. The molecule has 0 bridgehead atoms. The van der Waals surface area contributed by atoms with E-state index in [0.29, 0.717) is 29.5 Å². The average molecular weight is 443 g/mol. The molecule has 0 spiro atoms. The number of rotatable bonds is 5. The number of nitrogens with zero attached hydrogens (tertiary/aromatic N) is 2. The molecule has 0 N–H and O–H groups in total. The molecule has 2 aromatic rings. The Hall–Kier alpha value is -2.40. The van der Waals surface area contributed by atoms with E-state index in [9.17, 15) is 14.0 Å². The van der Waals surface area contributed by atoms with Crippen LogP contribution < -0.4 is 0 Å². The van der Waals surface area contributed by atoms with Crippen LogP contribution in [0.15, 0.2) is 48.5 Å². The molecule has 0 aromatic heterocycles. The van der Waals surface area contributed by atoms with Crippen molar-refractivity contribution in [3.8, 4) is 0 Å². The maximum Gasteiger partial charge on any atom is 0.250 e. The van der Waals surface area contributed by atoms with Gasteiger partial charge in [-0.15, -0.1) is 0 Å². The standard InChI is InChI=1S/C25H28ClFN2O2/c1-17-2-12-22(13-3-17)29-16-23(30)28(15-14-18-4-8-20(26)9-5-18)24(25(29)31)19-6-10-21(27)11-7-19/h4-11,17,22,24H,2-3,12-16H2,1H3. The summed E-state index contributed by atoms with van der Waals surface area (Å²) in [5, 5.41) is 0.662. The van der Waals surface area contributed by atoms with Gasteiger partial charge in [-0.05, 0) is 73.4 Å². The lowest BCUT2D eigenvalue weighted by Gasteiger charge is -2.45. The van der Waals surface area contributed by atoms with Crippen molar-refractivity contribution in [1.29, 1.82) is 0 Å². The summed E-state index contributed by atoms with van der Waals surface area (Å²) in [6.07, 6.45) is 4.63. The van der Waals surface area contributed by atoms with Crippen molar-refractivity contribution in [1.82, 2.24) is 9.80 Å². The van der Waals surface area contributed by atoms with Crippen molar-refractivity contribution < 1.29 is 14.0 Å². The Balaban J connectivity index is 1.58. The fraction of sp³-hybridized carbons (Fsp3) is 0.440. The minimum absolute atomic E-state index is 0.0538. The number of hydrogen-bond donors (Lipinski definition) is 0. The molecule has 1 atom stereocenters. The second kappa shape index (κ2) is 9.39. The molecule has 2 fully saturated rings. The fourth-order valence-corrected chi connectivity index (χ4v) is 4.86. The first-order valence-corrected chi connectivity index (χ1v) is 11.4. The number of halogens is 2. The van der Waals surface area contributed by atoms with Crippen molar-refractivity contribution in [2.45, 2.75) is 51.1 Å². The summed E-state index contributed by atoms with van der Waals surface area (Å²) < 4.78 is 13.5. The highest BCUT2D eigenvalue weighted by atomic mass is 35.5. The Morgan fingerprint density at radius 3 is 2.26 bits per heavy atom. The Bertz CT molecular complexity index is 924. The van der Waals surface area contributed by atoms with Crippen molar-refractivity contribution in [3.63, 3.8) is 0 Å². The molecular weight excluding hydrogens is 415 g/mol.